The van der Waals surface area contributed by atoms with Crippen LogP contribution in [-0.2, 0) is 0 Å². The molecule has 0 bridgehead atoms. The van der Waals surface area contributed by atoms with Crippen molar-refractivity contribution >= 4 is 44.2 Å². The first-order valence-corrected chi connectivity index (χ1v) is 9.78. The summed E-state index contributed by atoms with van der Waals surface area (Å²) in [6.07, 6.45) is 2.11. The van der Waals surface area contributed by atoms with Crippen molar-refractivity contribution in [2.45, 2.75) is 0 Å². The summed E-state index contributed by atoms with van der Waals surface area (Å²) >= 11 is 1.67. The Morgan fingerprint density at radius 2 is 1.75 bits per heavy atom. The van der Waals surface area contributed by atoms with Crippen molar-refractivity contribution in [3.05, 3.63) is 89.2 Å². The number of fused-ring (bicyclic) bond motifs is 2. The third kappa shape index (κ3) is 3.06. The third-order valence-electron chi connectivity index (χ3n) is 4.57. The molecule has 2 heterocycles. The van der Waals surface area contributed by atoms with Crippen LogP contribution in [-0.4, -0.2) is 22.1 Å². The molecule has 136 valence electrons. The van der Waals surface area contributed by atoms with Crippen molar-refractivity contribution < 1.29 is 4.74 Å². The van der Waals surface area contributed by atoms with Crippen molar-refractivity contribution in [1.82, 2.24) is 15.0 Å². The van der Waals surface area contributed by atoms with E-state index < -0.39 is 0 Å². The maximum atomic E-state index is 5.38. The Morgan fingerprint density at radius 3 is 2.57 bits per heavy atom. The van der Waals surface area contributed by atoms with Crippen LogP contribution in [0.3, 0.4) is 0 Å². The number of methoxy groups -OCH3 is 1. The molecule has 0 saturated heterocycles. The van der Waals surface area contributed by atoms with E-state index in [0.717, 1.165) is 49.0 Å². The van der Waals surface area contributed by atoms with Gasteiger partial charge in [-0.25, -0.2) is 9.97 Å². The van der Waals surface area contributed by atoms with Gasteiger partial charge in [-0.05, 0) is 48.0 Å². The molecule has 0 unspecified atom stereocenters. The minimum absolute atomic E-state index is 0.808. The smallest absolute Gasteiger partial charge is 0.141 e. The number of hydrogen-bond acceptors (Lipinski definition) is 4. The Balaban J connectivity index is 1.72. The Morgan fingerprint density at radius 1 is 0.929 bits per heavy atom. The molecule has 3 aromatic carbocycles. The van der Waals surface area contributed by atoms with Crippen LogP contribution < -0.4 is 4.74 Å². The Hall–Kier alpha value is -3.44. The van der Waals surface area contributed by atoms with Gasteiger partial charge in [0, 0.05) is 0 Å². The van der Waals surface area contributed by atoms with Gasteiger partial charge in [-0.15, -0.1) is 11.3 Å². The average molecular weight is 383 g/mol. The topological polar surface area (TPSA) is 50.8 Å². The zero-order valence-corrected chi connectivity index (χ0v) is 16.0. The van der Waals surface area contributed by atoms with Crippen molar-refractivity contribution in [3.63, 3.8) is 0 Å². The highest BCUT2D eigenvalue weighted by Crippen LogP contribution is 2.32. The molecule has 2 aromatic heterocycles. The highest BCUT2D eigenvalue weighted by atomic mass is 32.1. The number of aromatic amines is 1. The van der Waals surface area contributed by atoms with Crippen LogP contribution in [0.1, 0.15) is 16.4 Å². The SMILES string of the molecule is COc1cccc(C=C(c2nc3ccccc3[nH]2)c2nc3ccccc3s2)c1. The molecule has 0 aliphatic carbocycles. The van der Waals surface area contributed by atoms with E-state index in [9.17, 15) is 0 Å². The van der Waals surface area contributed by atoms with Crippen LogP contribution in [0.2, 0.25) is 0 Å². The zero-order valence-electron chi connectivity index (χ0n) is 15.2. The van der Waals surface area contributed by atoms with Crippen LogP contribution in [0.15, 0.2) is 72.8 Å². The molecule has 0 aliphatic heterocycles. The second kappa shape index (κ2) is 6.94. The number of nitrogens with zero attached hydrogens (tertiary/aromatic N) is 2. The predicted molar refractivity (Wildman–Crippen MR) is 116 cm³/mol. The first-order valence-electron chi connectivity index (χ1n) is 8.97. The van der Waals surface area contributed by atoms with Gasteiger partial charge in [-0.2, -0.15) is 0 Å². The van der Waals surface area contributed by atoms with Crippen LogP contribution in [0, 0.1) is 0 Å². The molecule has 28 heavy (non-hydrogen) atoms. The molecule has 4 nitrogen and oxygen atoms in total. The van der Waals surface area contributed by atoms with Gasteiger partial charge in [0.1, 0.15) is 16.6 Å². The van der Waals surface area contributed by atoms with E-state index in [1.54, 1.807) is 18.4 Å². The van der Waals surface area contributed by atoms with Gasteiger partial charge >= 0.3 is 0 Å². The molecule has 0 saturated carbocycles. The lowest BCUT2D eigenvalue weighted by atomic mass is 10.1. The summed E-state index contributed by atoms with van der Waals surface area (Å²) in [5.41, 5.74) is 4.94. The maximum absolute atomic E-state index is 5.38. The van der Waals surface area contributed by atoms with Crippen molar-refractivity contribution in [2.24, 2.45) is 0 Å². The van der Waals surface area contributed by atoms with Gasteiger partial charge in [0.05, 0.1) is 33.9 Å². The van der Waals surface area contributed by atoms with Gasteiger partial charge in [-0.1, -0.05) is 36.4 Å². The zero-order chi connectivity index (χ0) is 18.9. The second-order valence-corrected chi connectivity index (χ2v) is 7.45. The van der Waals surface area contributed by atoms with E-state index in [0.29, 0.717) is 0 Å². The summed E-state index contributed by atoms with van der Waals surface area (Å²) in [6.45, 7) is 0. The molecule has 0 atom stereocenters. The predicted octanol–water partition coefficient (Wildman–Crippen LogP) is 5.77. The number of ether oxygens (including phenoxy) is 1. The fourth-order valence-electron chi connectivity index (χ4n) is 3.20. The number of benzene rings is 3. The summed E-state index contributed by atoms with van der Waals surface area (Å²) in [5.74, 6) is 1.63. The molecule has 0 amide bonds. The van der Waals surface area contributed by atoms with Crippen LogP contribution in [0.25, 0.3) is 32.9 Å². The molecule has 5 aromatic rings. The van der Waals surface area contributed by atoms with E-state index in [-0.39, 0.29) is 0 Å². The van der Waals surface area contributed by atoms with E-state index >= 15 is 0 Å². The summed E-state index contributed by atoms with van der Waals surface area (Å²) in [7, 11) is 1.68. The summed E-state index contributed by atoms with van der Waals surface area (Å²) < 4.78 is 6.54. The largest absolute Gasteiger partial charge is 0.497 e. The minimum atomic E-state index is 0.808. The molecule has 5 heteroatoms. The molecule has 1 N–H and O–H groups in total. The van der Waals surface area contributed by atoms with Gasteiger partial charge in [0.15, 0.2) is 0 Å². The van der Waals surface area contributed by atoms with Crippen LogP contribution in [0.5, 0.6) is 5.75 Å². The molecule has 0 radical (unpaired) electrons. The van der Waals surface area contributed by atoms with Crippen molar-refractivity contribution in [2.75, 3.05) is 7.11 Å². The number of para-hydroxylation sites is 3. The molecule has 0 fully saturated rings. The highest BCUT2D eigenvalue weighted by Gasteiger charge is 2.15. The maximum Gasteiger partial charge on any atom is 0.141 e. The lowest BCUT2D eigenvalue weighted by Crippen LogP contribution is -1.91. The minimum Gasteiger partial charge on any atom is -0.497 e. The molecule has 5 rings (SSSR count). The highest BCUT2D eigenvalue weighted by molar-refractivity contribution is 7.19. The van der Waals surface area contributed by atoms with E-state index in [4.69, 9.17) is 14.7 Å². The van der Waals surface area contributed by atoms with Crippen LogP contribution >= 0.6 is 11.3 Å². The number of nitrogens with one attached hydrogen (secondary N) is 1. The van der Waals surface area contributed by atoms with E-state index in [2.05, 4.69) is 23.2 Å². The Labute approximate surface area is 166 Å². The molecule has 0 spiro atoms. The number of H-pyrrole nitrogens is 1. The third-order valence-corrected chi connectivity index (χ3v) is 5.64. The Bertz CT molecular complexity index is 1170. The first kappa shape index (κ1) is 16.7. The lowest BCUT2D eigenvalue weighted by molar-refractivity contribution is 0.414. The summed E-state index contributed by atoms with van der Waals surface area (Å²) in [4.78, 5) is 13.1. The molecular weight excluding hydrogens is 366 g/mol. The number of hydrogen-bond donors (Lipinski definition) is 1. The number of imidazole rings is 1. The number of rotatable bonds is 4. The lowest BCUT2D eigenvalue weighted by Gasteiger charge is -2.04. The standard InChI is InChI=1S/C23H17N3OS/c1-27-16-8-6-7-15(13-16)14-17(22-24-18-9-2-3-10-19(18)25-22)23-26-20-11-4-5-12-21(20)28-23/h2-14H,1H3,(H,24,25). The fourth-order valence-corrected chi connectivity index (χ4v) is 4.18. The second-order valence-electron chi connectivity index (χ2n) is 6.42. The molecule has 0 aliphatic rings. The summed E-state index contributed by atoms with van der Waals surface area (Å²) in [5, 5.41) is 0.933. The summed E-state index contributed by atoms with van der Waals surface area (Å²) in [6, 6.07) is 24.2. The van der Waals surface area contributed by atoms with Gasteiger partial charge < -0.3 is 9.72 Å². The van der Waals surface area contributed by atoms with Crippen LogP contribution in [0.4, 0.5) is 0 Å². The molecular formula is C23H17N3OS. The van der Waals surface area contributed by atoms with Gasteiger partial charge in [0.2, 0.25) is 0 Å². The first-order chi connectivity index (χ1) is 13.8. The van der Waals surface area contributed by atoms with Crippen molar-refractivity contribution in [1.29, 1.82) is 0 Å². The average Bonchev–Trinajstić information content (AvgIpc) is 3.36. The fraction of sp³-hybridized carbons (Fsp3) is 0.0435. The Kier molecular flexibility index (Phi) is 4.14. The monoisotopic (exact) mass is 383 g/mol. The normalized spacial score (nSPS) is 12.0. The quantitative estimate of drug-likeness (QED) is 0.429. The van der Waals surface area contributed by atoms with E-state index in [1.165, 1.54) is 0 Å². The van der Waals surface area contributed by atoms with E-state index in [1.807, 2.05) is 60.7 Å². The number of aromatic nitrogens is 3. The number of thiazole rings is 1. The van der Waals surface area contributed by atoms with Gasteiger partial charge in [-0.3, -0.25) is 0 Å². The van der Waals surface area contributed by atoms with Gasteiger partial charge in [0.25, 0.3) is 0 Å². The van der Waals surface area contributed by atoms with Crippen molar-refractivity contribution in [3.8, 4) is 5.75 Å².